The van der Waals surface area contributed by atoms with Crippen LogP contribution in [0.3, 0.4) is 0 Å². The van der Waals surface area contributed by atoms with Crippen LogP contribution in [-0.4, -0.2) is 39.9 Å². The fraction of sp³-hybridized carbons (Fsp3) is 0.643. The number of rotatable bonds is 5. The van der Waals surface area contributed by atoms with E-state index in [9.17, 15) is 13.2 Å². The molecule has 1 N–H and O–H groups in total. The van der Waals surface area contributed by atoms with Gasteiger partial charge in [0.15, 0.2) is 5.76 Å². The van der Waals surface area contributed by atoms with E-state index in [0.29, 0.717) is 12.5 Å². The van der Waals surface area contributed by atoms with E-state index in [1.165, 1.54) is 38.4 Å². The normalized spacial score (nSPS) is 16.9. The number of furan rings is 1. The van der Waals surface area contributed by atoms with Crippen molar-refractivity contribution in [3.8, 4) is 0 Å². The highest BCUT2D eigenvalue weighted by Crippen LogP contribution is 2.24. The summed E-state index contributed by atoms with van der Waals surface area (Å²) >= 11 is 0. The molecule has 1 aromatic heterocycles. The molecule has 1 amide bonds. The molecule has 0 saturated heterocycles. The molecule has 0 unspecified atom stereocenters. The van der Waals surface area contributed by atoms with Gasteiger partial charge in [-0.2, -0.15) is 0 Å². The average molecular weight is 314 g/mol. The number of nitrogens with zero attached hydrogens (tertiary/aromatic N) is 1. The van der Waals surface area contributed by atoms with Crippen molar-refractivity contribution in [2.75, 3.05) is 20.6 Å². The van der Waals surface area contributed by atoms with Crippen LogP contribution in [0.1, 0.15) is 42.7 Å². The summed E-state index contributed by atoms with van der Waals surface area (Å²) in [5.74, 6) is 0.309. The fourth-order valence-corrected chi connectivity index (χ4v) is 3.36. The summed E-state index contributed by atoms with van der Waals surface area (Å²) in [5, 5.41) is -0.237. The molecule has 21 heavy (non-hydrogen) atoms. The largest absolute Gasteiger partial charge is 0.438 e. The van der Waals surface area contributed by atoms with Gasteiger partial charge < -0.3 is 9.32 Å². The molecule has 1 aliphatic rings. The molecule has 0 bridgehead atoms. The van der Waals surface area contributed by atoms with Gasteiger partial charge in [-0.3, -0.25) is 4.79 Å². The molecule has 0 aliphatic heterocycles. The lowest BCUT2D eigenvalue weighted by Gasteiger charge is -2.26. The second-order valence-electron chi connectivity index (χ2n) is 5.52. The molecule has 6 nitrogen and oxygen atoms in total. The monoisotopic (exact) mass is 314 g/mol. The smallest absolute Gasteiger partial charge is 0.289 e. The lowest BCUT2D eigenvalue weighted by atomic mass is 9.89. The predicted octanol–water partition coefficient (Wildman–Crippen LogP) is 1.84. The minimum atomic E-state index is -3.65. The van der Waals surface area contributed by atoms with Gasteiger partial charge in [-0.05, 0) is 37.9 Å². The molecule has 1 aliphatic carbocycles. The maximum absolute atomic E-state index is 12.3. The third kappa shape index (κ3) is 3.85. The minimum Gasteiger partial charge on any atom is -0.438 e. The quantitative estimate of drug-likeness (QED) is 0.899. The molecule has 2 rings (SSSR count). The van der Waals surface area contributed by atoms with Crippen LogP contribution in [0.2, 0.25) is 0 Å². The Morgan fingerprint density at radius 1 is 1.33 bits per heavy atom. The number of hydrogen-bond donors (Lipinski definition) is 1. The lowest BCUT2D eigenvalue weighted by molar-refractivity contribution is 0.0723. The summed E-state index contributed by atoms with van der Waals surface area (Å²) in [4.78, 5) is 13.9. The zero-order chi connectivity index (χ0) is 15.5. The summed E-state index contributed by atoms with van der Waals surface area (Å²) < 4.78 is 30.5. The number of amides is 1. The lowest BCUT2D eigenvalue weighted by Crippen LogP contribution is -2.32. The van der Waals surface area contributed by atoms with Crippen LogP contribution in [0.4, 0.5) is 0 Å². The van der Waals surface area contributed by atoms with E-state index < -0.39 is 10.0 Å². The van der Waals surface area contributed by atoms with Crippen molar-refractivity contribution in [2.45, 2.75) is 37.2 Å². The van der Waals surface area contributed by atoms with Gasteiger partial charge in [0.05, 0.1) is 0 Å². The highest BCUT2D eigenvalue weighted by molar-refractivity contribution is 7.89. The molecule has 1 saturated carbocycles. The molecule has 1 fully saturated rings. The van der Waals surface area contributed by atoms with E-state index >= 15 is 0 Å². The Hall–Kier alpha value is -1.34. The van der Waals surface area contributed by atoms with E-state index in [1.54, 1.807) is 11.9 Å². The second kappa shape index (κ2) is 6.62. The number of nitrogens with one attached hydrogen (secondary N) is 1. The van der Waals surface area contributed by atoms with Crippen LogP contribution in [0.15, 0.2) is 21.6 Å². The van der Waals surface area contributed by atoms with Crippen LogP contribution in [0.5, 0.6) is 0 Å². The van der Waals surface area contributed by atoms with Gasteiger partial charge in [0.1, 0.15) is 0 Å². The molecule has 0 spiro atoms. The van der Waals surface area contributed by atoms with Gasteiger partial charge in [-0.25, -0.2) is 13.1 Å². The van der Waals surface area contributed by atoms with E-state index in [1.807, 2.05) is 0 Å². The van der Waals surface area contributed by atoms with Crippen LogP contribution in [0, 0.1) is 5.92 Å². The van der Waals surface area contributed by atoms with Gasteiger partial charge in [-0.1, -0.05) is 19.3 Å². The van der Waals surface area contributed by atoms with Crippen molar-refractivity contribution in [1.82, 2.24) is 9.62 Å². The maximum atomic E-state index is 12.3. The Morgan fingerprint density at radius 2 is 2.00 bits per heavy atom. The highest BCUT2D eigenvalue weighted by Gasteiger charge is 2.23. The summed E-state index contributed by atoms with van der Waals surface area (Å²) in [6.07, 6.45) is 6.01. The summed E-state index contributed by atoms with van der Waals surface area (Å²) in [5.41, 5.74) is 0. The Balaban J connectivity index is 2.02. The fourth-order valence-electron chi connectivity index (χ4n) is 2.71. The Labute approximate surface area is 125 Å². The number of sulfonamides is 1. The summed E-state index contributed by atoms with van der Waals surface area (Å²) in [6.45, 7) is 0.688. The Bertz CT molecular complexity index is 588. The van der Waals surface area contributed by atoms with Crippen molar-refractivity contribution < 1.29 is 17.6 Å². The van der Waals surface area contributed by atoms with E-state index in [0.717, 1.165) is 12.8 Å². The maximum Gasteiger partial charge on any atom is 0.289 e. The zero-order valence-corrected chi connectivity index (χ0v) is 13.3. The SMILES string of the molecule is CNS(=O)(=O)c1ccc(C(=O)N(C)CC2CCCCC2)o1. The highest BCUT2D eigenvalue weighted by atomic mass is 32.2. The van der Waals surface area contributed by atoms with E-state index in [-0.39, 0.29) is 16.8 Å². The van der Waals surface area contributed by atoms with Crippen molar-refractivity contribution in [3.05, 3.63) is 17.9 Å². The number of carbonyl (C=O) groups is 1. The van der Waals surface area contributed by atoms with Gasteiger partial charge in [0.2, 0.25) is 5.09 Å². The molecule has 0 aromatic carbocycles. The van der Waals surface area contributed by atoms with Crippen molar-refractivity contribution >= 4 is 15.9 Å². The zero-order valence-electron chi connectivity index (χ0n) is 12.5. The second-order valence-corrected chi connectivity index (χ2v) is 7.33. The predicted molar refractivity (Wildman–Crippen MR) is 78.5 cm³/mol. The van der Waals surface area contributed by atoms with Crippen molar-refractivity contribution in [2.24, 2.45) is 5.92 Å². The molecule has 118 valence electrons. The first kappa shape index (κ1) is 16.0. The Morgan fingerprint density at radius 3 is 2.62 bits per heavy atom. The molecular weight excluding hydrogens is 292 g/mol. The molecule has 0 atom stereocenters. The van der Waals surface area contributed by atoms with Crippen molar-refractivity contribution in [3.63, 3.8) is 0 Å². The summed E-state index contributed by atoms with van der Waals surface area (Å²) in [6, 6.07) is 2.71. The average Bonchev–Trinajstić information content (AvgIpc) is 2.98. The first-order chi connectivity index (χ1) is 9.94. The Kier molecular flexibility index (Phi) is 5.05. The molecule has 7 heteroatoms. The van der Waals surface area contributed by atoms with Gasteiger partial charge in [0.25, 0.3) is 15.9 Å². The van der Waals surface area contributed by atoms with E-state index in [2.05, 4.69) is 4.72 Å². The molecule has 0 radical (unpaired) electrons. The van der Waals surface area contributed by atoms with Gasteiger partial charge >= 0.3 is 0 Å². The standard InChI is InChI=1S/C14H22N2O4S/c1-15-21(18,19)13-9-8-12(20-13)14(17)16(2)10-11-6-4-3-5-7-11/h8-9,11,15H,3-7,10H2,1-2H3. The van der Waals surface area contributed by atoms with Crippen LogP contribution < -0.4 is 4.72 Å². The first-order valence-electron chi connectivity index (χ1n) is 7.23. The molecule has 1 heterocycles. The van der Waals surface area contributed by atoms with Crippen LogP contribution >= 0.6 is 0 Å². The number of hydrogen-bond acceptors (Lipinski definition) is 4. The van der Waals surface area contributed by atoms with Crippen LogP contribution in [0.25, 0.3) is 0 Å². The van der Waals surface area contributed by atoms with Crippen LogP contribution in [-0.2, 0) is 10.0 Å². The van der Waals surface area contributed by atoms with Gasteiger partial charge in [-0.15, -0.1) is 0 Å². The molecule has 1 aromatic rings. The third-order valence-corrected chi connectivity index (χ3v) is 5.22. The molecular formula is C14H22N2O4S. The van der Waals surface area contributed by atoms with Gasteiger partial charge in [0, 0.05) is 13.6 Å². The van der Waals surface area contributed by atoms with Crippen molar-refractivity contribution in [1.29, 1.82) is 0 Å². The van der Waals surface area contributed by atoms with E-state index in [4.69, 9.17) is 4.42 Å². The minimum absolute atomic E-state index is 0.0575. The topological polar surface area (TPSA) is 79.6 Å². The summed E-state index contributed by atoms with van der Waals surface area (Å²) in [7, 11) is -0.623. The first-order valence-corrected chi connectivity index (χ1v) is 8.71. The number of carbonyl (C=O) groups excluding carboxylic acids is 1. The third-order valence-electron chi connectivity index (χ3n) is 3.93.